The molecule has 1 saturated heterocycles. The van der Waals surface area contributed by atoms with Crippen molar-refractivity contribution in [2.45, 2.75) is 39.2 Å². The number of rotatable bonds is 5. The molecule has 1 aliphatic rings. The van der Waals surface area contributed by atoms with Gasteiger partial charge in [0.2, 0.25) is 0 Å². The van der Waals surface area contributed by atoms with E-state index in [1.807, 2.05) is 17.8 Å². The summed E-state index contributed by atoms with van der Waals surface area (Å²) in [6, 6.07) is 2.22. The fourth-order valence-electron chi connectivity index (χ4n) is 3.18. The second kappa shape index (κ2) is 5.33. The molecule has 0 aliphatic carbocycles. The van der Waals surface area contributed by atoms with Gasteiger partial charge >= 0.3 is 5.97 Å². The van der Waals surface area contributed by atoms with Crippen LogP contribution in [0.5, 0.6) is 0 Å². The SMILES string of the molecule is CCCC1(C(=O)O)CCN(C(C)c2ccnn2C)C1. The lowest BCUT2D eigenvalue weighted by Gasteiger charge is -2.28. The van der Waals surface area contributed by atoms with E-state index < -0.39 is 11.4 Å². The van der Waals surface area contributed by atoms with Crippen molar-refractivity contribution >= 4 is 5.97 Å². The molecule has 2 atom stereocenters. The molecule has 106 valence electrons. The zero-order valence-corrected chi connectivity index (χ0v) is 12.0. The first kappa shape index (κ1) is 14.1. The van der Waals surface area contributed by atoms with Gasteiger partial charge in [0.05, 0.1) is 11.1 Å². The summed E-state index contributed by atoms with van der Waals surface area (Å²) in [5, 5.41) is 13.7. The van der Waals surface area contributed by atoms with Gasteiger partial charge < -0.3 is 5.11 Å². The van der Waals surface area contributed by atoms with Crippen LogP contribution in [0.2, 0.25) is 0 Å². The van der Waals surface area contributed by atoms with Crippen LogP contribution in [0.4, 0.5) is 0 Å². The Morgan fingerprint density at radius 2 is 2.37 bits per heavy atom. The monoisotopic (exact) mass is 265 g/mol. The molecule has 1 aliphatic heterocycles. The summed E-state index contributed by atoms with van der Waals surface area (Å²) in [4.78, 5) is 13.9. The lowest BCUT2D eigenvalue weighted by molar-refractivity contribution is -0.148. The van der Waals surface area contributed by atoms with Crippen LogP contribution in [-0.4, -0.2) is 38.8 Å². The van der Waals surface area contributed by atoms with Crippen molar-refractivity contribution in [3.8, 4) is 0 Å². The molecule has 1 aromatic rings. The predicted octanol–water partition coefficient (Wildman–Crippen LogP) is 2.06. The number of hydrogen-bond acceptors (Lipinski definition) is 3. The highest BCUT2D eigenvalue weighted by Crippen LogP contribution is 2.39. The smallest absolute Gasteiger partial charge is 0.310 e. The zero-order valence-electron chi connectivity index (χ0n) is 12.0. The highest BCUT2D eigenvalue weighted by atomic mass is 16.4. The van der Waals surface area contributed by atoms with Gasteiger partial charge in [-0.1, -0.05) is 13.3 Å². The van der Waals surface area contributed by atoms with Crippen molar-refractivity contribution in [3.05, 3.63) is 18.0 Å². The van der Waals surface area contributed by atoms with E-state index in [-0.39, 0.29) is 6.04 Å². The van der Waals surface area contributed by atoms with E-state index in [4.69, 9.17) is 0 Å². The van der Waals surface area contributed by atoms with Crippen LogP contribution >= 0.6 is 0 Å². The molecule has 19 heavy (non-hydrogen) atoms. The summed E-state index contributed by atoms with van der Waals surface area (Å²) in [5.41, 5.74) is 0.583. The molecule has 0 bridgehead atoms. The third-order valence-electron chi connectivity index (χ3n) is 4.40. The van der Waals surface area contributed by atoms with E-state index in [2.05, 4.69) is 23.8 Å². The summed E-state index contributed by atoms with van der Waals surface area (Å²) in [5.74, 6) is -0.644. The molecule has 0 saturated carbocycles. The van der Waals surface area contributed by atoms with Gasteiger partial charge in [-0.15, -0.1) is 0 Å². The van der Waals surface area contributed by atoms with Gasteiger partial charge in [0, 0.05) is 25.8 Å². The van der Waals surface area contributed by atoms with Crippen LogP contribution in [0.1, 0.15) is 44.8 Å². The first-order valence-corrected chi connectivity index (χ1v) is 6.95. The van der Waals surface area contributed by atoms with Crippen LogP contribution in [0, 0.1) is 5.41 Å². The summed E-state index contributed by atoms with van der Waals surface area (Å²) >= 11 is 0. The van der Waals surface area contributed by atoms with E-state index in [0.717, 1.165) is 31.5 Å². The molecule has 0 radical (unpaired) electrons. The van der Waals surface area contributed by atoms with E-state index >= 15 is 0 Å². The molecule has 0 spiro atoms. The van der Waals surface area contributed by atoms with E-state index in [1.165, 1.54) is 0 Å². The molecular formula is C14H23N3O2. The van der Waals surface area contributed by atoms with Gasteiger partial charge in [-0.05, 0) is 32.4 Å². The number of carbonyl (C=O) groups is 1. The third kappa shape index (κ3) is 2.52. The molecule has 5 heteroatoms. The van der Waals surface area contributed by atoms with Crippen molar-refractivity contribution in [1.29, 1.82) is 0 Å². The Kier molecular flexibility index (Phi) is 3.94. The topological polar surface area (TPSA) is 58.4 Å². The van der Waals surface area contributed by atoms with Crippen LogP contribution < -0.4 is 0 Å². The Hall–Kier alpha value is -1.36. The molecule has 0 amide bonds. The number of aryl methyl sites for hydroxylation is 1. The number of hydrogen-bond donors (Lipinski definition) is 1. The Morgan fingerprint density at radius 3 is 2.89 bits per heavy atom. The quantitative estimate of drug-likeness (QED) is 0.885. The van der Waals surface area contributed by atoms with Crippen LogP contribution in [-0.2, 0) is 11.8 Å². The number of nitrogens with zero attached hydrogens (tertiary/aromatic N) is 3. The van der Waals surface area contributed by atoms with Gasteiger partial charge in [0.1, 0.15) is 0 Å². The second-order valence-corrected chi connectivity index (χ2v) is 5.61. The van der Waals surface area contributed by atoms with Gasteiger partial charge in [-0.2, -0.15) is 5.10 Å². The molecule has 1 fully saturated rings. The molecule has 2 rings (SSSR count). The van der Waals surface area contributed by atoms with Gasteiger partial charge in [0.15, 0.2) is 0 Å². The molecule has 5 nitrogen and oxygen atoms in total. The fourth-order valence-corrected chi connectivity index (χ4v) is 3.18. The lowest BCUT2D eigenvalue weighted by Crippen LogP contribution is -2.35. The highest BCUT2D eigenvalue weighted by molar-refractivity contribution is 5.75. The van der Waals surface area contributed by atoms with Gasteiger partial charge in [-0.25, -0.2) is 0 Å². The second-order valence-electron chi connectivity index (χ2n) is 5.61. The van der Waals surface area contributed by atoms with Crippen LogP contribution in [0.25, 0.3) is 0 Å². The number of carboxylic acids is 1. The molecule has 2 heterocycles. The number of aromatic nitrogens is 2. The number of aliphatic carboxylic acids is 1. The summed E-state index contributed by atoms with van der Waals surface area (Å²) in [6.07, 6.45) is 4.22. The number of likely N-dealkylation sites (tertiary alicyclic amines) is 1. The maximum Gasteiger partial charge on any atom is 0.310 e. The highest BCUT2D eigenvalue weighted by Gasteiger charge is 2.45. The maximum absolute atomic E-state index is 11.6. The normalized spacial score (nSPS) is 25.6. The largest absolute Gasteiger partial charge is 0.481 e. The van der Waals surface area contributed by atoms with Gasteiger partial charge in [-0.3, -0.25) is 14.4 Å². The minimum Gasteiger partial charge on any atom is -0.481 e. The number of carboxylic acid groups (broad SMARTS) is 1. The Labute approximate surface area is 114 Å². The van der Waals surface area contributed by atoms with Crippen molar-refractivity contribution < 1.29 is 9.90 Å². The van der Waals surface area contributed by atoms with Crippen LogP contribution in [0.15, 0.2) is 12.3 Å². The van der Waals surface area contributed by atoms with Crippen molar-refractivity contribution in [3.63, 3.8) is 0 Å². The first-order chi connectivity index (χ1) is 9.00. The molecular weight excluding hydrogens is 242 g/mol. The predicted molar refractivity (Wildman–Crippen MR) is 72.8 cm³/mol. The first-order valence-electron chi connectivity index (χ1n) is 6.95. The van der Waals surface area contributed by atoms with Crippen LogP contribution in [0.3, 0.4) is 0 Å². The Morgan fingerprint density at radius 1 is 1.63 bits per heavy atom. The molecule has 1 N–H and O–H groups in total. The van der Waals surface area contributed by atoms with E-state index in [9.17, 15) is 9.90 Å². The minimum absolute atomic E-state index is 0.214. The molecule has 0 aromatic carbocycles. The van der Waals surface area contributed by atoms with Gasteiger partial charge in [0.25, 0.3) is 0 Å². The standard InChI is InChI=1S/C14H23N3O2/c1-4-6-14(13(18)19)7-9-17(10-14)11(2)12-5-8-15-16(12)3/h5,8,11H,4,6-7,9-10H2,1-3H3,(H,18,19). The van der Waals surface area contributed by atoms with Crippen molar-refractivity contribution in [2.75, 3.05) is 13.1 Å². The molecule has 2 unspecified atom stereocenters. The average Bonchev–Trinajstić information content (AvgIpc) is 2.96. The molecule has 1 aromatic heterocycles. The summed E-state index contributed by atoms with van der Waals surface area (Å²) in [6.45, 7) is 5.67. The van der Waals surface area contributed by atoms with Crippen molar-refractivity contribution in [1.82, 2.24) is 14.7 Å². The maximum atomic E-state index is 11.6. The minimum atomic E-state index is -0.644. The average molecular weight is 265 g/mol. The van der Waals surface area contributed by atoms with E-state index in [1.54, 1.807) is 6.20 Å². The lowest BCUT2D eigenvalue weighted by atomic mass is 9.83. The Balaban J connectivity index is 2.13. The third-order valence-corrected chi connectivity index (χ3v) is 4.40. The summed E-state index contributed by atoms with van der Waals surface area (Å²) in [7, 11) is 1.93. The fraction of sp³-hybridized carbons (Fsp3) is 0.714. The zero-order chi connectivity index (χ0) is 14.0. The van der Waals surface area contributed by atoms with E-state index in [0.29, 0.717) is 6.54 Å². The summed E-state index contributed by atoms with van der Waals surface area (Å²) < 4.78 is 1.87. The Bertz CT molecular complexity index is 457. The van der Waals surface area contributed by atoms with Crippen molar-refractivity contribution in [2.24, 2.45) is 12.5 Å².